The van der Waals surface area contributed by atoms with Gasteiger partial charge in [0.05, 0.1) is 0 Å². The largest absolute Gasteiger partial charge is 0.485 e. The number of aromatic nitrogens is 1. The number of carbonyl (C=O) groups is 1. The monoisotopic (exact) mass is 312 g/mol. The lowest BCUT2D eigenvalue weighted by Gasteiger charge is -2.30. The summed E-state index contributed by atoms with van der Waals surface area (Å²) in [6.07, 6.45) is 3.76. The van der Waals surface area contributed by atoms with Gasteiger partial charge in [0.2, 0.25) is 6.10 Å². The second-order valence-electron chi connectivity index (χ2n) is 5.48. The molecule has 0 saturated carbocycles. The number of rotatable bonds is 5. The maximum absolute atomic E-state index is 12.8. The van der Waals surface area contributed by atoms with Crippen LogP contribution in [0.1, 0.15) is 18.9 Å². The lowest BCUT2D eigenvalue weighted by Crippen LogP contribution is -2.46. The first-order valence-electron chi connectivity index (χ1n) is 7.84. The molecule has 2 aromatic rings. The summed E-state index contributed by atoms with van der Waals surface area (Å²) in [7, 11) is 0. The van der Waals surface area contributed by atoms with Gasteiger partial charge < -0.3 is 14.4 Å². The van der Waals surface area contributed by atoms with Crippen LogP contribution in [-0.4, -0.2) is 35.0 Å². The Morgan fingerprint density at radius 3 is 2.70 bits per heavy atom. The molecule has 1 aromatic heterocycles. The van der Waals surface area contributed by atoms with Crippen molar-refractivity contribution >= 4 is 5.91 Å². The molecule has 1 atom stereocenters. The van der Waals surface area contributed by atoms with Crippen molar-refractivity contribution in [1.29, 1.82) is 0 Å². The minimum absolute atomic E-state index is 0.0434. The first-order chi connectivity index (χ1) is 11.3. The number of para-hydroxylation sites is 2. The third-order valence-corrected chi connectivity index (χ3v) is 3.71. The molecule has 23 heavy (non-hydrogen) atoms. The minimum atomic E-state index is -0.599. The van der Waals surface area contributed by atoms with E-state index in [0.717, 1.165) is 12.0 Å². The molecule has 0 bridgehead atoms. The summed E-state index contributed by atoms with van der Waals surface area (Å²) in [4.78, 5) is 18.6. The molecule has 0 radical (unpaired) electrons. The van der Waals surface area contributed by atoms with E-state index in [1.54, 1.807) is 12.4 Å². The van der Waals surface area contributed by atoms with Gasteiger partial charge in [-0.1, -0.05) is 19.1 Å². The number of hydrogen-bond acceptors (Lipinski definition) is 4. The van der Waals surface area contributed by atoms with E-state index in [9.17, 15) is 4.79 Å². The molecule has 0 fully saturated rings. The van der Waals surface area contributed by atoms with Gasteiger partial charge >= 0.3 is 0 Å². The molecular formula is C18H20N2O3. The van der Waals surface area contributed by atoms with Gasteiger partial charge in [0.25, 0.3) is 5.91 Å². The number of nitrogens with zero attached hydrogens (tertiary/aromatic N) is 2. The van der Waals surface area contributed by atoms with Crippen LogP contribution in [0.25, 0.3) is 0 Å². The minimum Gasteiger partial charge on any atom is -0.485 e. The SMILES string of the molecule is CCCN(Cc1ccncc1)C(=O)[C@H]1COc2ccccc2O1. The average molecular weight is 312 g/mol. The fourth-order valence-electron chi connectivity index (χ4n) is 2.59. The number of amides is 1. The number of fused-ring (bicyclic) bond motifs is 1. The summed E-state index contributed by atoms with van der Waals surface area (Å²) in [5.74, 6) is 1.27. The molecule has 1 aromatic carbocycles. The summed E-state index contributed by atoms with van der Waals surface area (Å²) in [6.45, 7) is 3.53. The predicted octanol–water partition coefficient (Wildman–Crippen LogP) is 2.66. The van der Waals surface area contributed by atoms with Crippen molar-refractivity contribution in [2.45, 2.75) is 26.0 Å². The molecule has 5 nitrogen and oxygen atoms in total. The van der Waals surface area contributed by atoms with Crippen LogP contribution < -0.4 is 9.47 Å². The Hall–Kier alpha value is -2.56. The maximum Gasteiger partial charge on any atom is 0.267 e. The zero-order valence-electron chi connectivity index (χ0n) is 13.1. The summed E-state index contributed by atoms with van der Waals surface area (Å²) in [5.41, 5.74) is 1.05. The Morgan fingerprint density at radius 2 is 1.96 bits per heavy atom. The van der Waals surface area contributed by atoms with E-state index >= 15 is 0 Å². The highest BCUT2D eigenvalue weighted by atomic mass is 16.6. The third-order valence-electron chi connectivity index (χ3n) is 3.71. The highest BCUT2D eigenvalue weighted by Gasteiger charge is 2.30. The van der Waals surface area contributed by atoms with Crippen LogP contribution in [0.15, 0.2) is 48.8 Å². The lowest BCUT2D eigenvalue weighted by atomic mass is 10.2. The molecule has 1 amide bonds. The topological polar surface area (TPSA) is 51.7 Å². The first-order valence-corrected chi connectivity index (χ1v) is 7.84. The van der Waals surface area contributed by atoms with Crippen molar-refractivity contribution in [2.24, 2.45) is 0 Å². The van der Waals surface area contributed by atoms with E-state index < -0.39 is 6.10 Å². The van der Waals surface area contributed by atoms with Crippen LogP contribution in [0, 0.1) is 0 Å². The molecule has 5 heteroatoms. The number of hydrogen-bond donors (Lipinski definition) is 0. The van der Waals surface area contributed by atoms with Crippen molar-refractivity contribution in [3.8, 4) is 11.5 Å². The van der Waals surface area contributed by atoms with Gasteiger partial charge in [-0.25, -0.2) is 0 Å². The van der Waals surface area contributed by atoms with Gasteiger partial charge in [0.1, 0.15) is 6.61 Å². The lowest BCUT2D eigenvalue weighted by molar-refractivity contribution is -0.141. The smallest absolute Gasteiger partial charge is 0.267 e. The van der Waals surface area contributed by atoms with Gasteiger partial charge in [-0.3, -0.25) is 9.78 Å². The van der Waals surface area contributed by atoms with Crippen molar-refractivity contribution in [2.75, 3.05) is 13.2 Å². The van der Waals surface area contributed by atoms with E-state index in [-0.39, 0.29) is 12.5 Å². The van der Waals surface area contributed by atoms with Crippen molar-refractivity contribution in [3.63, 3.8) is 0 Å². The Labute approximate surface area is 135 Å². The molecular weight excluding hydrogens is 292 g/mol. The van der Waals surface area contributed by atoms with E-state index in [1.807, 2.05) is 41.3 Å². The van der Waals surface area contributed by atoms with E-state index in [1.165, 1.54) is 0 Å². The van der Waals surface area contributed by atoms with Crippen LogP contribution in [0.4, 0.5) is 0 Å². The summed E-state index contributed by atoms with van der Waals surface area (Å²) in [5, 5.41) is 0. The number of benzene rings is 1. The van der Waals surface area contributed by atoms with Crippen LogP contribution in [0.5, 0.6) is 11.5 Å². The molecule has 2 heterocycles. The summed E-state index contributed by atoms with van der Waals surface area (Å²) in [6, 6.07) is 11.3. The molecule has 0 aliphatic carbocycles. The van der Waals surface area contributed by atoms with Gasteiger partial charge in [-0.2, -0.15) is 0 Å². The zero-order valence-corrected chi connectivity index (χ0v) is 13.1. The molecule has 0 spiro atoms. The summed E-state index contributed by atoms with van der Waals surface area (Å²) < 4.78 is 11.5. The Balaban J connectivity index is 1.71. The van der Waals surface area contributed by atoms with Crippen molar-refractivity contribution in [3.05, 3.63) is 54.4 Å². The zero-order chi connectivity index (χ0) is 16.1. The van der Waals surface area contributed by atoms with Crippen molar-refractivity contribution < 1.29 is 14.3 Å². The van der Waals surface area contributed by atoms with Crippen LogP contribution in [0.2, 0.25) is 0 Å². The molecule has 1 aliphatic rings. The number of carbonyl (C=O) groups excluding carboxylic acids is 1. The van der Waals surface area contributed by atoms with Crippen molar-refractivity contribution in [1.82, 2.24) is 9.88 Å². The van der Waals surface area contributed by atoms with Gasteiger partial charge in [-0.15, -0.1) is 0 Å². The quantitative estimate of drug-likeness (QED) is 0.852. The second kappa shape index (κ2) is 7.13. The molecule has 0 N–H and O–H groups in total. The van der Waals surface area contributed by atoms with Gasteiger partial charge in [-0.05, 0) is 36.2 Å². The molecule has 120 valence electrons. The maximum atomic E-state index is 12.8. The van der Waals surface area contributed by atoms with E-state index in [2.05, 4.69) is 11.9 Å². The highest BCUT2D eigenvalue weighted by Crippen LogP contribution is 2.31. The molecule has 0 unspecified atom stereocenters. The summed E-state index contributed by atoms with van der Waals surface area (Å²) >= 11 is 0. The average Bonchev–Trinajstić information content (AvgIpc) is 2.61. The third kappa shape index (κ3) is 3.62. The molecule has 3 rings (SSSR count). The fourth-order valence-corrected chi connectivity index (χ4v) is 2.59. The first kappa shape index (κ1) is 15.3. The second-order valence-corrected chi connectivity index (χ2v) is 5.48. The van der Waals surface area contributed by atoms with E-state index in [4.69, 9.17) is 9.47 Å². The molecule has 0 saturated heterocycles. The molecule has 1 aliphatic heterocycles. The van der Waals surface area contributed by atoms with Crippen LogP contribution >= 0.6 is 0 Å². The van der Waals surface area contributed by atoms with Gasteiger partial charge in [0.15, 0.2) is 11.5 Å². The fraction of sp³-hybridized carbons (Fsp3) is 0.333. The normalized spacial score (nSPS) is 16.0. The van der Waals surface area contributed by atoms with Crippen LogP contribution in [-0.2, 0) is 11.3 Å². The standard InChI is InChI=1S/C18H20N2O3/c1-2-11-20(12-14-7-9-19-10-8-14)18(21)17-13-22-15-5-3-4-6-16(15)23-17/h3-10,17H,2,11-13H2,1H3/t17-/m1/s1. The number of ether oxygens (including phenoxy) is 2. The van der Waals surface area contributed by atoms with E-state index in [0.29, 0.717) is 24.6 Å². The Morgan fingerprint density at radius 1 is 1.22 bits per heavy atom. The predicted molar refractivity (Wildman–Crippen MR) is 86.3 cm³/mol. The Kier molecular flexibility index (Phi) is 4.76. The van der Waals surface area contributed by atoms with Crippen LogP contribution in [0.3, 0.4) is 0 Å². The number of pyridine rings is 1. The Bertz CT molecular complexity index is 660. The van der Waals surface area contributed by atoms with Gasteiger partial charge in [0, 0.05) is 25.5 Å². The highest BCUT2D eigenvalue weighted by molar-refractivity contribution is 5.82.